The van der Waals surface area contributed by atoms with E-state index >= 15 is 0 Å². The molecule has 134 valence electrons. The van der Waals surface area contributed by atoms with Crippen LogP contribution in [0.3, 0.4) is 0 Å². The van der Waals surface area contributed by atoms with Gasteiger partial charge in [0.2, 0.25) is 5.91 Å². The minimum absolute atomic E-state index is 0.0382. The smallest absolute Gasteiger partial charge is 0.231 e. The standard InChI is InChI=1S/C20H25NO3S/c1-15(2)13-16-5-7-17(8-6-16)14-20(22)21(3)18-9-11-19(12-10-18)25(4,23)24/h5-12,15H,13-14H2,1-4H3. The van der Waals surface area contributed by atoms with Crippen molar-refractivity contribution in [3.8, 4) is 0 Å². The summed E-state index contributed by atoms with van der Waals surface area (Å²) in [7, 11) is -1.53. The highest BCUT2D eigenvalue weighted by molar-refractivity contribution is 7.90. The third-order valence-electron chi connectivity index (χ3n) is 4.05. The normalized spacial score (nSPS) is 11.6. The fourth-order valence-electron chi connectivity index (χ4n) is 2.62. The van der Waals surface area contributed by atoms with Gasteiger partial charge in [-0.15, -0.1) is 0 Å². The largest absolute Gasteiger partial charge is 0.315 e. The summed E-state index contributed by atoms with van der Waals surface area (Å²) < 4.78 is 23.0. The quantitative estimate of drug-likeness (QED) is 0.793. The predicted octanol–water partition coefficient (Wildman–Crippen LogP) is 3.49. The van der Waals surface area contributed by atoms with E-state index in [0.29, 0.717) is 18.0 Å². The first kappa shape index (κ1) is 19.2. The van der Waals surface area contributed by atoms with Gasteiger partial charge in [0, 0.05) is 19.0 Å². The van der Waals surface area contributed by atoms with Gasteiger partial charge in [-0.1, -0.05) is 38.1 Å². The molecule has 2 rings (SSSR count). The zero-order chi connectivity index (χ0) is 18.6. The van der Waals surface area contributed by atoms with E-state index in [2.05, 4.69) is 26.0 Å². The molecule has 0 spiro atoms. The number of sulfone groups is 1. The van der Waals surface area contributed by atoms with Crippen molar-refractivity contribution in [1.29, 1.82) is 0 Å². The van der Waals surface area contributed by atoms with Crippen LogP contribution in [0, 0.1) is 5.92 Å². The number of amides is 1. The Bertz CT molecular complexity index is 822. The van der Waals surface area contributed by atoms with Gasteiger partial charge in [-0.2, -0.15) is 0 Å². The van der Waals surface area contributed by atoms with Crippen LogP contribution in [0.2, 0.25) is 0 Å². The molecule has 0 unspecified atom stereocenters. The molecule has 0 bridgehead atoms. The average Bonchev–Trinajstić information content (AvgIpc) is 2.55. The predicted molar refractivity (Wildman–Crippen MR) is 102 cm³/mol. The van der Waals surface area contributed by atoms with Crippen LogP contribution in [0.25, 0.3) is 0 Å². The lowest BCUT2D eigenvalue weighted by Gasteiger charge is -2.18. The fraction of sp³-hybridized carbons (Fsp3) is 0.350. The second-order valence-electron chi connectivity index (χ2n) is 6.81. The number of hydrogen-bond acceptors (Lipinski definition) is 3. The average molecular weight is 359 g/mol. The number of carbonyl (C=O) groups is 1. The zero-order valence-corrected chi connectivity index (χ0v) is 16.0. The molecule has 2 aromatic carbocycles. The molecule has 0 heterocycles. The van der Waals surface area contributed by atoms with E-state index in [1.54, 1.807) is 24.1 Å². The van der Waals surface area contributed by atoms with Crippen LogP contribution in [-0.4, -0.2) is 27.6 Å². The first-order valence-electron chi connectivity index (χ1n) is 8.31. The molecular weight excluding hydrogens is 334 g/mol. The van der Waals surface area contributed by atoms with Crippen molar-refractivity contribution in [2.75, 3.05) is 18.2 Å². The molecule has 0 saturated heterocycles. The summed E-state index contributed by atoms with van der Waals surface area (Å²) in [6.07, 6.45) is 2.51. The van der Waals surface area contributed by atoms with E-state index in [1.807, 2.05) is 12.1 Å². The Morgan fingerprint density at radius 3 is 1.96 bits per heavy atom. The third-order valence-corrected chi connectivity index (χ3v) is 5.18. The molecular formula is C20H25NO3S. The van der Waals surface area contributed by atoms with Crippen molar-refractivity contribution < 1.29 is 13.2 Å². The van der Waals surface area contributed by atoms with E-state index < -0.39 is 9.84 Å². The van der Waals surface area contributed by atoms with E-state index in [-0.39, 0.29) is 10.8 Å². The summed E-state index contributed by atoms with van der Waals surface area (Å²) in [5.41, 5.74) is 2.92. The molecule has 1 amide bonds. The summed E-state index contributed by atoms with van der Waals surface area (Å²) in [4.78, 5) is 14.3. The van der Waals surface area contributed by atoms with Crippen molar-refractivity contribution in [3.63, 3.8) is 0 Å². The van der Waals surface area contributed by atoms with Crippen LogP contribution in [0.4, 0.5) is 5.69 Å². The summed E-state index contributed by atoms with van der Waals surface area (Å²) in [6.45, 7) is 4.36. The molecule has 2 aromatic rings. The number of likely N-dealkylation sites (N-methyl/N-ethyl adjacent to an activating group) is 1. The van der Waals surface area contributed by atoms with Crippen LogP contribution in [0.1, 0.15) is 25.0 Å². The number of hydrogen-bond donors (Lipinski definition) is 0. The molecule has 0 N–H and O–H groups in total. The minimum atomic E-state index is -3.23. The highest BCUT2D eigenvalue weighted by Gasteiger charge is 2.13. The summed E-state index contributed by atoms with van der Waals surface area (Å²) >= 11 is 0. The maximum Gasteiger partial charge on any atom is 0.231 e. The Hall–Kier alpha value is -2.14. The number of benzene rings is 2. The van der Waals surface area contributed by atoms with Gasteiger partial charge < -0.3 is 4.90 Å². The van der Waals surface area contributed by atoms with E-state index in [1.165, 1.54) is 24.0 Å². The van der Waals surface area contributed by atoms with Gasteiger partial charge in [-0.3, -0.25) is 4.79 Å². The maximum absolute atomic E-state index is 12.5. The lowest BCUT2D eigenvalue weighted by atomic mass is 10.0. The second kappa shape index (κ2) is 7.83. The number of rotatable bonds is 6. The summed E-state index contributed by atoms with van der Waals surface area (Å²) in [6, 6.07) is 14.5. The molecule has 25 heavy (non-hydrogen) atoms. The van der Waals surface area contributed by atoms with Gasteiger partial charge >= 0.3 is 0 Å². The van der Waals surface area contributed by atoms with Gasteiger partial charge in [0.25, 0.3) is 0 Å². The van der Waals surface area contributed by atoms with E-state index in [0.717, 1.165) is 12.0 Å². The van der Waals surface area contributed by atoms with Crippen LogP contribution >= 0.6 is 0 Å². The maximum atomic E-state index is 12.5. The zero-order valence-electron chi connectivity index (χ0n) is 15.2. The molecule has 4 nitrogen and oxygen atoms in total. The highest BCUT2D eigenvalue weighted by atomic mass is 32.2. The Morgan fingerprint density at radius 1 is 0.960 bits per heavy atom. The SMILES string of the molecule is CC(C)Cc1ccc(CC(=O)N(C)c2ccc(S(C)(=O)=O)cc2)cc1. The van der Waals surface area contributed by atoms with Gasteiger partial charge in [-0.25, -0.2) is 8.42 Å². The Kier molecular flexibility index (Phi) is 6.01. The monoisotopic (exact) mass is 359 g/mol. The van der Waals surface area contributed by atoms with Crippen LogP contribution in [0.15, 0.2) is 53.4 Å². The molecule has 0 aliphatic heterocycles. The number of carbonyl (C=O) groups excluding carboxylic acids is 1. The van der Waals surface area contributed by atoms with Crippen molar-refractivity contribution >= 4 is 21.4 Å². The van der Waals surface area contributed by atoms with Gasteiger partial charge in [-0.05, 0) is 47.7 Å². The molecule has 0 aliphatic rings. The van der Waals surface area contributed by atoms with E-state index in [4.69, 9.17) is 0 Å². The molecule has 0 saturated carbocycles. The Labute approximate surface area is 150 Å². The first-order chi connectivity index (χ1) is 11.7. The Balaban J connectivity index is 2.04. The second-order valence-corrected chi connectivity index (χ2v) is 8.83. The van der Waals surface area contributed by atoms with Gasteiger partial charge in [0.05, 0.1) is 11.3 Å². The lowest BCUT2D eigenvalue weighted by Crippen LogP contribution is -2.27. The molecule has 0 aromatic heterocycles. The van der Waals surface area contributed by atoms with Crippen molar-refractivity contribution in [2.24, 2.45) is 5.92 Å². The van der Waals surface area contributed by atoms with Crippen LogP contribution in [-0.2, 0) is 27.5 Å². The molecule has 0 atom stereocenters. The highest BCUT2D eigenvalue weighted by Crippen LogP contribution is 2.18. The molecule has 0 aliphatic carbocycles. The molecule has 0 fully saturated rings. The fourth-order valence-corrected chi connectivity index (χ4v) is 3.25. The Morgan fingerprint density at radius 2 is 1.48 bits per heavy atom. The summed E-state index contributed by atoms with van der Waals surface area (Å²) in [5, 5.41) is 0. The van der Waals surface area contributed by atoms with Crippen molar-refractivity contribution in [3.05, 3.63) is 59.7 Å². The number of anilines is 1. The topological polar surface area (TPSA) is 54.5 Å². The van der Waals surface area contributed by atoms with Crippen molar-refractivity contribution in [1.82, 2.24) is 0 Å². The lowest BCUT2D eigenvalue weighted by molar-refractivity contribution is -0.117. The summed E-state index contributed by atoms with van der Waals surface area (Å²) in [5.74, 6) is 0.567. The van der Waals surface area contributed by atoms with Crippen LogP contribution in [0.5, 0.6) is 0 Å². The van der Waals surface area contributed by atoms with Gasteiger partial charge in [0.1, 0.15) is 0 Å². The van der Waals surface area contributed by atoms with Crippen molar-refractivity contribution in [2.45, 2.75) is 31.6 Å². The minimum Gasteiger partial charge on any atom is -0.315 e. The molecule has 0 radical (unpaired) electrons. The van der Waals surface area contributed by atoms with Crippen LogP contribution < -0.4 is 4.90 Å². The number of nitrogens with zero attached hydrogens (tertiary/aromatic N) is 1. The van der Waals surface area contributed by atoms with Gasteiger partial charge in [0.15, 0.2) is 9.84 Å². The first-order valence-corrected chi connectivity index (χ1v) is 10.2. The van der Waals surface area contributed by atoms with E-state index in [9.17, 15) is 13.2 Å². The molecule has 5 heteroatoms. The third kappa shape index (κ3) is 5.43.